The van der Waals surface area contributed by atoms with Gasteiger partial charge in [0.15, 0.2) is 0 Å². The number of aromatic nitrogens is 2. The van der Waals surface area contributed by atoms with E-state index >= 15 is 0 Å². The molecule has 8 heteroatoms. The number of carbonyl (C=O) groups is 1. The molecule has 2 heterocycles. The Hall–Kier alpha value is -3.55. The van der Waals surface area contributed by atoms with E-state index in [9.17, 15) is 4.79 Å². The van der Waals surface area contributed by atoms with Gasteiger partial charge in [0.1, 0.15) is 17.3 Å². The summed E-state index contributed by atoms with van der Waals surface area (Å²) in [5.41, 5.74) is 1.03. The highest BCUT2D eigenvalue weighted by Gasteiger charge is 2.10. The number of hydrogen-bond acceptors (Lipinski definition) is 7. The SMILES string of the molecule is COc1ccc(Nc2ncc(C(=O)NCc3ccco3)cn2)c(OC)c1. The number of carbonyl (C=O) groups excluding carboxylic acids is 1. The van der Waals surface area contributed by atoms with Gasteiger partial charge in [-0.1, -0.05) is 0 Å². The topological polar surface area (TPSA) is 98.5 Å². The summed E-state index contributed by atoms with van der Waals surface area (Å²) in [6.07, 6.45) is 4.45. The molecule has 134 valence electrons. The van der Waals surface area contributed by atoms with Crippen LogP contribution in [0.2, 0.25) is 0 Å². The van der Waals surface area contributed by atoms with Gasteiger partial charge >= 0.3 is 0 Å². The molecule has 0 radical (unpaired) electrons. The number of methoxy groups -OCH3 is 2. The van der Waals surface area contributed by atoms with Crippen LogP contribution < -0.4 is 20.1 Å². The Morgan fingerprint density at radius 3 is 2.62 bits per heavy atom. The highest BCUT2D eigenvalue weighted by Crippen LogP contribution is 2.30. The fourth-order valence-electron chi connectivity index (χ4n) is 2.21. The van der Waals surface area contributed by atoms with E-state index in [1.165, 1.54) is 12.4 Å². The van der Waals surface area contributed by atoms with Crippen molar-refractivity contribution in [2.24, 2.45) is 0 Å². The van der Waals surface area contributed by atoms with E-state index in [-0.39, 0.29) is 5.91 Å². The number of ether oxygens (including phenoxy) is 2. The second-order valence-corrected chi connectivity index (χ2v) is 5.25. The smallest absolute Gasteiger partial charge is 0.254 e. The first-order chi connectivity index (χ1) is 12.7. The lowest BCUT2D eigenvalue weighted by molar-refractivity contribution is 0.0947. The van der Waals surface area contributed by atoms with E-state index in [4.69, 9.17) is 13.9 Å². The maximum absolute atomic E-state index is 12.1. The molecule has 2 N–H and O–H groups in total. The molecule has 0 aliphatic rings. The van der Waals surface area contributed by atoms with Crippen LogP contribution in [0.1, 0.15) is 16.1 Å². The zero-order chi connectivity index (χ0) is 18.4. The van der Waals surface area contributed by atoms with Crippen LogP contribution in [0.4, 0.5) is 11.6 Å². The van der Waals surface area contributed by atoms with Crippen LogP contribution in [0.25, 0.3) is 0 Å². The van der Waals surface area contributed by atoms with Crippen molar-refractivity contribution in [2.45, 2.75) is 6.54 Å². The third-order valence-electron chi connectivity index (χ3n) is 3.57. The molecule has 1 amide bonds. The average molecular weight is 354 g/mol. The molecular formula is C18H18N4O4. The summed E-state index contributed by atoms with van der Waals surface area (Å²) in [4.78, 5) is 20.4. The third kappa shape index (κ3) is 4.10. The van der Waals surface area contributed by atoms with Crippen molar-refractivity contribution in [3.63, 3.8) is 0 Å². The summed E-state index contributed by atoms with van der Waals surface area (Å²) >= 11 is 0. The first-order valence-corrected chi connectivity index (χ1v) is 7.81. The summed E-state index contributed by atoms with van der Waals surface area (Å²) in [5.74, 6) is 2.00. The minimum absolute atomic E-state index is 0.282. The molecule has 0 atom stereocenters. The lowest BCUT2D eigenvalue weighted by Gasteiger charge is -2.11. The Bertz CT molecular complexity index is 863. The van der Waals surface area contributed by atoms with Crippen LogP contribution >= 0.6 is 0 Å². The van der Waals surface area contributed by atoms with Gasteiger partial charge in [0.2, 0.25) is 5.95 Å². The molecule has 0 saturated carbocycles. The molecular weight excluding hydrogens is 336 g/mol. The number of nitrogens with zero attached hydrogens (tertiary/aromatic N) is 2. The quantitative estimate of drug-likeness (QED) is 0.673. The van der Waals surface area contributed by atoms with Gasteiger partial charge in [-0.05, 0) is 24.3 Å². The Balaban J connectivity index is 1.65. The summed E-state index contributed by atoms with van der Waals surface area (Å²) < 4.78 is 15.6. The van der Waals surface area contributed by atoms with Crippen molar-refractivity contribution >= 4 is 17.5 Å². The molecule has 3 rings (SSSR count). The van der Waals surface area contributed by atoms with Gasteiger partial charge in [-0.2, -0.15) is 0 Å². The van der Waals surface area contributed by atoms with E-state index in [0.717, 1.165) is 0 Å². The van der Waals surface area contributed by atoms with E-state index in [0.29, 0.717) is 41.0 Å². The maximum Gasteiger partial charge on any atom is 0.254 e. The fourth-order valence-corrected chi connectivity index (χ4v) is 2.21. The maximum atomic E-state index is 12.1. The van der Waals surface area contributed by atoms with Crippen LogP contribution in [-0.2, 0) is 6.54 Å². The van der Waals surface area contributed by atoms with Crippen molar-refractivity contribution in [3.8, 4) is 11.5 Å². The predicted molar refractivity (Wildman–Crippen MR) is 94.7 cm³/mol. The molecule has 26 heavy (non-hydrogen) atoms. The molecule has 0 fully saturated rings. The summed E-state index contributed by atoms with van der Waals surface area (Å²) in [5, 5.41) is 5.78. The number of nitrogens with one attached hydrogen (secondary N) is 2. The van der Waals surface area contributed by atoms with Crippen molar-refractivity contribution in [2.75, 3.05) is 19.5 Å². The lowest BCUT2D eigenvalue weighted by Crippen LogP contribution is -2.23. The molecule has 0 bridgehead atoms. The van der Waals surface area contributed by atoms with Gasteiger partial charge in [-0.25, -0.2) is 9.97 Å². The first kappa shape index (κ1) is 17.3. The second kappa shape index (κ2) is 8.02. The van der Waals surface area contributed by atoms with E-state index in [1.54, 1.807) is 50.8 Å². The summed E-state index contributed by atoms with van der Waals surface area (Å²) in [6.45, 7) is 0.300. The Labute approximate surface area is 150 Å². The van der Waals surface area contributed by atoms with Crippen molar-refractivity contribution in [1.82, 2.24) is 15.3 Å². The van der Waals surface area contributed by atoms with Crippen molar-refractivity contribution in [3.05, 3.63) is 60.3 Å². The minimum atomic E-state index is -0.282. The highest BCUT2D eigenvalue weighted by atomic mass is 16.5. The fraction of sp³-hybridized carbons (Fsp3) is 0.167. The van der Waals surface area contributed by atoms with Gasteiger partial charge in [0, 0.05) is 18.5 Å². The molecule has 0 saturated heterocycles. The highest BCUT2D eigenvalue weighted by molar-refractivity contribution is 5.93. The van der Waals surface area contributed by atoms with Crippen LogP contribution in [0, 0.1) is 0 Å². The number of anilines is 2. The molecule has 0 unspecified atom stereocenters. The molecule has 8 nitrogen and oxygen atoms in total. The van der Waals surface area contributed by atoms with Crippen LogP contribution in [0.15, 0.2) is 53.4 Å². The molecule has 2 aromatic heterocycles. The molecule has 0 spiro atoms. The molecule has 3 aromatic rings. The van der Waals surface area contributed by atoms with Gasteiger partial charge in [0.05, 0.1) is 38.3 Å². The number of rotatable bonds is 7. The average Bonchev–Trinajstić information content (AvgIpc) is 3.20. The van der Waals surface area contributed by atoms with Crippen molar-refractivity contribution < 1.29 is 18.7 Å². The number of benzene rings is 1. The van der Waals surface area contributed by atoms with Gasteiger partial charge < -0.3 is 24.5 Å². The van der Waals surface area contributed by atoms with E-state index in [1.807, 2.05) is 0 Å². The standard InChI is InChI=1S/C18H18N4O4/c1-24-13-5-6-15(16(8-13)25-2)22-18-20-9-12(10-21-18)17(23)19-11-14-4-3-7-26-14/h3-10H,11H2,1-2H3,(H,19,23)(H,20,21,22). The summed E-state index contributed by atoms with van der Waals surface area (Å²) in [6, 6.07) is 8.88. The van der Waals surface area contributed by atoms with Gasteiger partial charge in [-0.3, -0.25) is 4.79 Å². The normalized spacial score (nSPS) is 10.2. The van der Waals surface area contributed by atoms with Gasteiger partial charge in [-0.15, -0.1) is 0 Å². The number of furan rings is 1. The first-order valence-electron chi connectivity index (χ1n) is 7.81. The Morgan fingerprint density at radius 1 is 1.15 bits per heavy atom. The summed E-state index contributed by atoms with van der Waals surface area (Å²) in [7, 11) is 3.15. The molecule has 0 aliphatic heterocycles. The third-order valence-corrected chi connectivity index (χ3v) is 3.57. The Morgan fingerprint density at radius 2 is 1.96 bits per heavy atom. The lowest BCUT2D eigenvalue weighted by atomic mass is 10.2. The largest absolute Gasteiger partial charge is 0.497 e. The van der Waals surface area contributed by atoms with Crippen LogP contribution in [0.3, 0.4) is 0 Å². The van der Waals surface area contributed by atoms with E-state index in [2.05, 4.69) is 20.6 Å². The van der Waals surface area contributed by atoms with E-state index < -0.39 is 0 Å². The van der Waals surface area contributed by atoms with Crippen LogP contribution in [-0.4, -0.2) is 30.1 Å². The number of hydrogen-bond donors (Lipinski definition) is 2. The zero-order valence-corrected chi connectivity index (χ0v) is 14.4. The molecule has 0 aliphatic carbocycles. The minimum Gasteiger partial charge on any atom is -0.497 e. The van der Waals surface area contributed by atoms with Crippen LogP contribution in [0.5, 0.6) is 11.5 Å². The Kier molecular flexibility index (Phi) is 5.33. The second-order valence-electron chi connectivity index (χ2n) is 5.25. The monoisotopic (exact) mass is 354 g/mol. The molecule has 1 aromatic carbocycles. The predicted octanol–water partition coefficient (Wildman–Crippen LogP) is 2.76. The van der Waals surface area contributed by atoms with Gasteiger partial charge in [0.25, 0.3) is 5.91 Å². The number of amides is 1. The van der Waals surface area contributed by atoms with Crippen molar-refractivity contribution in [1.29, 1.82) is 0 Å². The zero-order valence-electron chi connectivity index (χ0n) is 14.4.